The average molecular weight is 218 g/mol. The minimum Gasteiger partial charge on any atom is -0.481 e. The van der Waals surface area contributed by atoms with E-state index in [1.54, 1.807) is 6.92 Å². The lowest BCUT2D eigenvalue weighted by Gasteiger charge is -2.09. The third kappa shape index (κ3) is 2.20. The molecule has 1 atom stereocenters. The van der Waals surface area contributed by atoms with E-state index >= 15 is 0 Å². The molecular formula is C9H9ClFNO2. The number of carbonyl (C=O) groups is 1. The van der Waals surface area contributed by atoms with Crippen molar-refractivity contribution in [3.8, 4) is 0 Å². The first-order chi connectivity index (χ1) is 6.56. The van der Waals surface area contributed by atoms with Gasteiger partial charge in [-0.05, 0) is 18.1 Å². The Labute approximate surface area is 85.5 Å². The van der Waals surface area contributed by atoms with Gasteiger partial charge in [-0.1, -0.05) is 18.5 Å². The highest BCUT2D eigenvalue weighted by Gasteiger charge is 2.19. The minimum atomic E-state index is -0.990. The summed E-state index contributed by atoms with van der Waals surface area (Å²) in [5, 5.41) is 8.56. The number of aromatic nitrogens is 1. The number of nitrogens with zero attached hydrogens (tertiary/aromatic N) is 1. The second-order valence-corrected chi connectivity index (χ2v) is 3.20. The van der Waals surface area contributed by atoms with Crippen LogP contribution in [0, 0.1) is 5.82 Å². The van der Waals surface area contributed by atoms with Gasteiger partial charge in [-0.25, -0.2) is 9.37 Å². The fourth-order valence-corrected chi connectivity index (χ4v) is 1.28. The van der Waals surface area contributed by atoms with Crippen molar-refractivity contribution in [3.05, 3.63) is 28.8 Å². The van der Waals surface area contributed by atoms with Gasteiger partial charge >= 0.3 is 5.97 Å². The molecule has 76 valence electrons. The Balaban J connectivity index is 3.06. The predicted molar refractivity (Wildman–Crippen MR) is 49.9 cm³/mol. The number of carboxylic acids is 1. The number of pyridine rings is 1. The molecule has 14 heavy (non-hydrogen) atoms. The molecule has 0 bridgehead atoms. The van der Waals surface area contributed by atoms with Gasteiger partial charge < -0.3 is 5.11 Å². The highest BCUT2D eigenvalue weighted by Crippen LogP contribution is 2.22. The highest BCUT2D eigenvalue weighted by atomic mass is 35.5. The van der Waals surface area contributed by atoms with Crippen LogP contribution in [0.4, 0.5) is 4.39 Å². The zero-order chi connectivity index (χ0) is 10.7. The van der Waals surface area contributed by atoms with Gasteiger partial charge in [0.05, 0.1) is 5.92 Å². The molecule has 1 heterocycles. The molecular weight excluding hydrogens is 209 g/mol. The van der Waals surface area contributed by atoms with Gasteiger partial charge in [-0.15, -0.1) is 0 Å². The summed E-state index contributed by atoms with van der Waals surface area (Å²) in [6.45, 7) is 1.71. The quantitative estimate of drug-likeness (QED) is 0.792. The SMILES string of the molecule is CCC(C(=O)O)c1cnc(Cl)c(F)c1. The molecule has 1 aromatic rings. The topological polar surface area (TPSA) is 50.2 Å². The second-order valence-electron chi connectivity index (χ2n) is 2.84. The maximum atomic E-state index is 13.0. The Kier molecular flexibility index (Phi) is 3.41. The summed E-state index contributed by atoms with van der Waals surface area (Å²) >= 11 is 5.37. The predicted octanol–water partition coefficient (Wildman–Crippen LogP) is 2.45. The maximum Gasteiger partial charge on any atom is 0.311 e. The molecule has 3 nitrogen and oxygen atoms in total. The van der Waals surface area contributed by atoms with Crippen molar-refractivity contribution in [1.82, 2.24) is 4.98 Å². The van der Waals surface area contributed by atoms with Crippen LogP contribution in [0.3, 0.4) is 0 Å². The van der Waals surface area contributed by atoms with E-state index in [0.717, 1.165) is 6.07 Å². The Bertz CT molecular complexity index is 357. The average Bonchev–Trinajstić information content (AvgIpc) is 2.11. The van der Waals surface area contributed by atoms with Crippen LogP contribution in [0.5, 0.6) is 0 Å². The lowest BCUT2D eigenvalue weighted by Crippen LogP contribution is -2.11. The molecule has 1 aromatic heterocycles. The van der Waals surface area contributed by atoms with Crippen LogP contribution in [-0.4, -0.2) is 16.1 Å². The first-order valence-corrected chi connectivity index (χ1v) is 4.47. The van der Waals surface area contributed by atoms with E-state index in [0.29, 0.717) is 12.0 Å². The summed E-state index contributed by atoms with van der Waals surface area (Å²) in [6.07, 6.45) is 1.67. The van der Waals surface area contributed by atoms with Crippen LogP contribution >= 0.6 is 11.6 Å². The number of hydrogen-bond acceptors (Lipinski definition) is 2. The molecule has 1 rings (SSSR count). The van der Waals surface area contributed by atoms with Gasteiger partial charge in [0.2, 0.25) is 0 Å². The first-order valence-electron chi connectivity index (χ1n) is 4.10. The molecule has 0 aliphatic heterocycles. The zero-order valence-electron chi connectivity index (χ0n) is 7.50. The fraction of sp³-hybridized carbons (Fsp3) is 0.333. The van der Waals surface area contributed by atoms with Crippen LogP contribution in [0.2, 0.25) is 5.15 Å². The van der Waals surface area contributed by atoms with E-state index in [1.165, 1.54) is 6.20 Å². The molecule has 5 heteroatoms. The smallest absolute Gasteiger partial charge is 0.311 e. The summed E-state index contributed by atoms with van der Waals surface area (Å²) in [5.41, 5.74) is 0.335. The number of hydrogen-bond donors (Lipinski definition) is 1. The monoisotopic (exact) mass is 217 g/mol. The van der Waals surface area contributed by atoms with E-state index in [9.17, 15) is 9.18 Å². The summed E-state index contributed by atoms with van der Waals surface area (Å²) in [7, 11) is 0. The Morgan fingerprint density at radius 1 is 1.79 bits per heavy atom. The lowest BCUT2D eigenvalue weighted by molar-refractivity contribution is -0.138. The standard InChI is InChI=1S/C9H9ClFNO2/c1-2-6(9(13)14)5-3-7(11)8(10)12-4-5/h3-4,6H,2H2,1H3,(H,13,14). The van der Waals surface area contributed by atoms with Gasteiger partial charge in [0.1, 0.15) is 0 Å². The fourth-order valence-electron chi connectivity index (χ4n) is 1.18. The zero-order valence-corrected chi connectivity index (χ0v) is 8.25. The third-order valence-electron chi connectivity index (χ3n) is 1.93. The van der Waals surface area contributed by atoms with Crippen molar-refractivity contribution < 1.29 is 14.3 Å². The van der Waals surface area contributed by atoms with Gasteiger partial charge in [0.25, 0.3) is 0 Å². The van der Waals surface area contributed by atoms with E-state index in [1.807, 2.05) is 0 Å². The van der Waals surface area contributed by atoms with Crippen LogP contribution in [0.15, 0.2) is 12.3 Å². The summed E-state index contributed by atoms with van der Waals surface area (Å²) in [4.78, 5) is 14.3. The highest BCUT2D eigenvalue weighted by molar-refractivity contribution is 6.29. The van der Waals surface area contributed by atoms with Crippen LogP contribution < -0.4 is 0 Å². The first kappa shape index (κ1) is 10.9. The van der Waals surface area contributed by atoms with Crippen molar-refractivity contribution in [2.75, 3.05) is 0 Å². The molecule has 1 N–H and O–H groups in total. The molecule has 0 saturated heterocycles. The van der Waals surface area contributed by atoms with Crippen molar-refractivity contribution in [2.24, 2.45) is 0 Å². The second kappa shape index (κ2) is 4.37. The summed E-state index contributed by atoms with van der Waals surface area (Å²) in [5.74, 6) is -2.41. The van der Waals surface area contributed by atoms with Crippen molar-refractivity contribution >= 4 is 17.6 Å². The van der Waals surface area contributed by atoms with Crippen LogP contribution in [-0.2, 0) is 4.79 Å². The van der Waals surface area contributed by atoms with Gasteiger partial charge in [0, 0.05) is 6.20 Å². The Morgan fingerprint density at radius 2 is 2.43 bits per heavy atom. The lowest BCUT2D eigenvalue weighted by atomic mass is 9.98. The largest absolute Gasteiger partial charge is 0.481 e. The van der Waals surface area contributed by atoms with Crippen LogP contribution in [0.1, 0.15) is 24.8 Å². The van der Waals surface area contributed by atoms with Crippen molar-refractivity contribution in [2.45, 2.75) is 19.3 Å². The van der Waals surface area contributed by atoms with Gasteiger partial charge in [0.15, 0.2) is 11.0 Å². The Morgan fingerprint density at radius 3 is 2.86 bits per heavy atom. The number of carboxylic acid groups (broad SMARTS) is 1. The normalized spacial score (nSPS) is 12.5. The molecule has 0 spiro atoms. The molecule has 0 aliphatic carbocycles. The molecule has 0 fully saturated rings. The number of rotatable bonds is 3. The van der Waals surface area contributed by atoms with E-state index in [-0.39, 0.29) is 5.15 Å². The van der Waals surface area contributed by atoms with Gasteiger partial charge in [-0.3, -0.25) is 4.79 Å². The molecule has 0 saturated carbocycles. The summed E-state index contributed by atoms with van der Waals surface area (Å²) < 4.78 is 13.0. The molecule has 0 radical (unpaired) electrons. The van der Waals surface area contributed by atoms with E-state index in [2.05, 4.69) is 4.98 Å². The Hall–Kier alpha value is -1.16. The van der Waals surface area contributed by atoms with E-state index in [4.69, 9.17) is 16.7 Å². The van der Waals surface area contributed by atoms with Crippen molar-refractivity contribution in [3.63, 3.8) is 0 Å². The maximum absolute atomic E-state index is 13.0. The van der Waals surface area contributed by atoms with Crippen LogP contribution in [0.25, 0.3) is 0 Å². The van der Waals surface area contributed by atoms with E-state index < -0.39 is 17.7 Å². The molecule has 0 aliphatic rings. The molecule has 0 amide bonds. The summed E-state index contributed by atoms with van der Waals surface area (Å²) in [6, 6.07) is 1.11. The number of halogens is 2. The van der Waals surface area contributed by atoms with Gasteiger partial charge in [-0.2, -0.15) is 0 Å². The van der Waals surface area contributed by atoms with Crippen molar-refractivity contribution in [1.29, 1.82) is 0 Å². The molecule has 0 aromatic carbocycles. The number of aliphatic carboxylic acids is 1. The third-order valence-corrected chi connectivity index (χ3v) is 2.20. The minimum absolute atomic E-state index is 0.242. The molecule has 1 unspecified atom stereocenters.